The number of anilines is 1. The van der Waals surface area contributed by atoms with E-state index in [1.165, 1.54) is 12.5 Å². The summed E-state index contributed by atoms with van der Waals surface area (Å²) in [5.41, 5.74) is 1.62. The predicted molar refractivity (Wildman–Crippen MR) is 116 cm³/mol. The van der Waals surface area contributed by atoms with E-state index in [1.807, 2.05) is 0 Å². The Bertz CT molecular complexity index is 1130. The molecule has 4 N–H and O–H groups in total. The Hall–Kier alpha value is -2.71. The quantitative estimate of drug-likeness (QED) is 0.329. The van der Waals surface area contributed by atoms with Crippen LogP contribution in [-0.2, 0) is 25.8 Å². The summed E-state index contributed by atoms with van der Waals surface area (Å²) < 4.78 is 33.8. The molecule has 33 heavy (non-hydrogen) atoms. The van der Waals surface area contributed by atoms with Crippen LogP contribution < -0.4 is 10.5 Å². The molecule has 0 amide bonds. The van der Waals surface area contributed by atoms with Gasteiger partial charge in [0.15, 0.2) is 0 Å². The number of aliphatic hydroxyl groups is 1. The summed E-state index contributed by atoms with van der Waals surface area (Å²) in [7, 11) is -4.08. The fourth-order valence-corrected chi connectivity index (χ4v) is 4.39. The summed E-state index contributed by atoms with van der Waals surface area (Å²) in [5, 5.41) is 22.7. The van der Waals surface area contributed by atoms with E-state index < -0.39 is 22.3 Å². The van der Waals surface area contributed by atoms with Crippen LogP contribution in [0.4, 0.5) is 5.82 Å². The molecule has 1 saturated carbocycles. The SMILES string of the molecule is NS(=O)(=O)OC[C@H]1C[C@@H](Nc2ncncc2C(=O)c2ccn(CC3=CCCOC3)n2)C[C@@H]1O. The Kier molecular flexibility index (Phi) is 7.14. The lowest BCUT2D eigenvalue weighted by molar-refractivity contribution is 0.101. The fraction of sp³-hybridized carbons (Fsp3) is 0.500. The number of aliphatic hydroxyl groups excluding tert-OH is 1. The molecule has 1 aliphatic heterocycles. The summed E-state index contributed by atoms with van der Waals surface area (Å²) in [6.45, 7) is 1.60. The first kappa shape index (κ1) is 23.4. The van der Waals surface area contributed by atoms with Crippen LogP contribution in [-0.4, -0.2) is 71.0 Å². The molecule has 0 bridgehead atoms. The minimum atomic E-state index is -4.08. The summed E-state index contributed by atoms with van der Waals surface area (Å²) in [5.74, 6) is -0.438. The van der Waals surface area contributed by atoms with Crippen LogP contribution in [0.15, 0.2) is 36.4 Å². The second kappa shape index (κ2) is 10.1. The minimum absolute atomic E-state index is 0.216. The maximum absolute atomic E-state index is 13.1. The van der Waals surface area contributed by atoms with Gasteiger partial charge in [0, 0.05) is 24.4 Å². The summed E-state index contributed by atoms with van der Waals surface area (Å²) in [4.78, 5) is 21.3. The van der Waals surface area contributed by atoms with Crippen molar-refractivity contribution in [1.82, 2.24) is 19.7 Å². The van der Waals surface area contributed by atoms with Gasteiger partial charge in [0.25, 0.3) is 0 Å². The number of carbonyl (C=O) groups excluding carboxylic acids is 1. The van der Waals surface area contributed by atoms with Crippen LogP contribution in [0.2, 0.25) is 0 Å². The molecule has 3 atom stereocenters. The van der Waals surface area contributed by atoms with Gasteiger partial charge in [-0.3, -0.25) is 13.7 Å². The molecule has 1 fully saturated rings. The van der Waals surface area contributed by atoms with Crippen molar-refractivity contribution >= 4 is 21.9 Å². The molecule has 2 aromatic heterocycles. The monoisotopic (exact) mass is 478 g/mol. The summed E-state index contributed by atoms with van der Waals surface area (Å²) >= 11 is 0. The zero-order chi connectivity index (χ0) is 23.4. The number of aromatic nitrogens is 4. The van der Waals surface area contributed by atoms with Gasteiger partial charge in [-0.05, 0) is 30.9 Å². The number of hydrogen-bond acceptors (Lipinski definition) is 10. The zero-order valence-electron chi connectivity index (χ0n) is 17.8. The molecule has 0 aromatic carbocycles. The Morgan fingerprint density at radius 1 is 1.39 bits per heavy atom. The van der Waals surface area contributed by atoms with Crippen molar-refractivity contribution < 1.29 is 27.2 Å². The third-order valence-electron chi connectivity index (χ3n) is 5.62. The number of nitrogens with one attached hydrogen (secondary N) is 1. The molecule has 0 saturated heterocycles. The van der Waals surface area contributed by atoms with Crippen molar-refractivity contribution in [2.75, 3.05) is 25.1 Å². The van der Waals surface area contributed by atoms with Crippen molar-refractivity contribution in [2.45, 2.75) is 38.0 Å². The Balaban J connectivity index is 1.42. The molecule has 0 radical (unpaired) electrons. The molecule has 2 aliphatic rings. The number of nitrogens with zero attached hydrogens (tertiary/aromatic N) is 4. The van der Waals surface area contributed by atoms with Crippen molar-refractivity contribution in [2.24, 2.45) is 11.1 Å². The lowest BCUT2D eigenvalue weighted by Crippen LogP contribution is -2.24. The zero-order valence-corrected chi connectivity index (χ0v) is 18.6. The van der Waals surface area contributed by atoms with Crippen molar-refractivity contribution in [3.05, 3.63) is 47.7 Å². The van der Waals surface area contributed by atoms with Gasteiger partial charge in [-0.1, -0.05) is 6.08 Å². The highest BCUT2D eigenvalue weighted by atomic mass is 32.2. The van der Waals surface area contributed by atoms with Gasteiger partial charge in [-0.15, -0.1) is 0 Å². The lowest BCUT2D eigenvalue weighted by Gasteiger charge is -2.15. The van der Waals surface area contributed by atoms with Gasteiger partial charge in [-0.25, -0.2) is 15.1 Å². The number of nitrogens with two attached hydrogens (primary N) is 1. The van der Waals surface area contributed by atoms with E-state index in [0.29, 0.717) is 38.4 Å². The van der Waals surface area contributed by atoms with Crippen LogP contribution >= 0.6 is 0 Å². The van der Waals surface area contributed by atoms with Crippen LogP contribution in [0.1, 0.15) is 35.3 Å². The molecule has 0 spiro atoms. The molecule has 178 valence electrons. The highest BCUT2D eigenvalue weighted by Gasteiger charge is 2.34. The summed E-state index contributed by atoms with van der Waals surface area (Å²) in [6.07, 6.45) is 7.44. The first-order valence-corrected chi connectivity index (χ1v) is 12.0. The van der Waals surface area contributed by atoms with Gasteiger partial charge in [0.1, 0.15) is 17.8 Å². The first-order chi connectivity index (χ1) is 15.8. The Morgan fingerprint density at radius 2 is 2.24 bits per heavy atom. The fourth-order valence-electron chi connectivity index (χ4n) is 4.02. The highest BCUT2D eigenvalue weighted by Crippen LogP contribution is 2.30. The van der Waals surface area contributed by atoms with Crippen LogP contribution in [0, 0.1) is 5.92 Å². The average molecular weight is 479 g/mol. The van der Waals surface area contributed by atoms with Gasteiger partial charge < -0.3 is 15.2 Å². The van der Waals surface area contributed by atoms with Gasteiger partial charge in [0.05, 0.1) is 38.0 Å². The van der Waals surface area contributed by atoms with Crippen molar-refractivity contribution in [3.63, 3.8) is 0 Å². The number of ether oxygens (including phenoxy) is 1. The normalized spacial score (nSPS) is 23.3. The van der Waals surface area contributed by atoms with Crippen molar-refractivity contribution in [3.8, 4) is 0 Å². The molecular weight excluding hydrogens is 452 g/mol. The van der Waals surface area contributed by atoms with E-state index >= 15 is 0 Å². The Morgan fingerprint density at radius 3 is 3.00 bits per heavy atom. The number of ketones is 1. The van der Waals surface area contributed by atoms with Crippen LogP contribution in [0.25, 0.3) is 0 Å². The third kappa shape index (κ3) is 6.21. The Labute approximate surface area is 191 Å². The molecule has 4 rings (SSSR count). The van der Waals surface area contributed by atoms with E-state index in [0.717, 1.165) is 12.0 Å². The molecule has 12 nitrogen and oxygen atoms in total. The largest absolute Gasteiger partial charge is 0.393 e. The molecule has 3 heterocycles. The van der Waals surface area contributed by atoms with E-state index in [1.54, 1.807) is 16.9 Å². The molecule has 1 aliphatic carbocycles. The number of rotatable bonds is 9. The highest BCUT2D eigenvalue weighted by molar-refractivity contribution is 7.84. The first-order valence-electron chi connectivity index (χ1n) is 10.5. The number of carbonyl (C=O) groups is 1. The second-order valence-electron chi connectivity index (χ2n) is 8.13. The molecule has 13 heteroatoms. The smallest absolute Gasteiger partial charge is 0.333 e. The molecular formula is C20H26N6O6S. The van der Waals surface area contributed by atoms with E-state index in [2.05, 4.69) is 30.6 Å². The third-order valence-corrected chi connectivity index (χ3v) is 6.09. The maximum atomic E-state index is 13.1. The van der Waals surface area contributed by atoms with E-state index in [4.69, 9.17) is 9.88 Å². The van der Waals surface area contributed by atoms with Gasteiger partial charge in [-0.2, -0.15) is 13.5 Å². The second-order valence-corrected chi connectivity index (χ2v) is 9.36. The van der Waals surface area contributed by atoms with E-state index in [9.17, 15) is 18.3 Å². The van der Waals surface area contributed by atoms with Gasteiger partial charge >= 0.3 is 10.3 Å². The van der Waals surface area contributed by atoms with Crippen LogP contribution in [0.5, 0.6) is 0 Å². The molecule has 2 aromatic rings. The molecule has 0 unspecified atom stereocenters. The predicted octanol–water partition coefficient (Wildman–Crippen LogP) is 0.0223. The van der Waals surface area contributed by atoms with Crippen LogP contribution in [0.3, 0.4) is 0 Å². The van der Waals surface area contributed by atoms with E-state index in [-0.39, 0.29) is 29.7 Å². The standard InChI is InChI=1S/C20H26N6O6S/c21-33(29,30)32-11-14-6-15(7-18(14)27)24-20-16(8-22-12-23-20)19(28)17-3-4-26(25-17)9-13-2-1-5-31-10-13/h2-4,8,12,14-15,18,27H,1,5-7,9-11H2,(H2,21,29,30)(H,22,23,24)/t14-,15-,18+/m1/s1. The maximum Gasteiger partial charge on any atom is 0.333 e. The van der Waals surface area contributed by atoms with Crippen molar-refractivity contribution in [1.29, 1.82) is 0 Å². The number of hydrogen-bond donors (Lipinski definition) is 3. The van der Waals surface area contributed by atoms with Gasteiger partial charge in [0.2, 0.25) is 5.78 Å². The minimum Gasteiger partial charge on any atom is -0.393 e. The average Bonchev–Trinajstić information content (AvgIpc) is 3.38. The topological polar surface area (TPSA) is 172 Å². The lowest BCUT2D eigenvalue weighted by atomic mass is 10.1. The summed E-state index contributed by atoms with van der Waals surface area (Å²) in [6, 6.07) is 1.40.